The number of hydrogen-bond donors (Lipinski definition) is 3. The molecule has 5 aromatic rings. The molecular formula is C24H20N4O. The normalized spacial score (nSPS) is 12.3. The molecule has 0 aliphatic heterocycles. The van der Waals surface area contributed by atoms with E-state index < -0.39 is 0 Å². The lowest BCUT2D eigenvalue weighted by Gasteiger charge is -2.16. The zero-order valence-electron chi connectivity index (χ0n) is 15.7. The highest BCUT2D eigenvalue weighted by Crippen LogP contribution is 2.21. The molecule has 5 rings (SSSR count). The van der Waals surface area contributed by atoms with Crippen LogP contribution >= 0.6 is 0 Å². The summed E-state index contributed by atoms with van der Waals surface area (Å²) in [5.74, 6) is 0.599. The topological polar surface area (TPSA) is 73.6 Å². The van der Waals surface area contributed by atoms with Gasteiger partial charge in [-0.3, -0.25) is 4.79 Å². The highest BCUT2D eigenvalue weighted by molar-refractivity contribution is 5.98. The number of amides is 1. The van der Waals surface area contributed by atoms with Crippen LogP contribution in [-0.2, 0) is 6.42 Å². The van der Waals surface area contributed by atoms with Gasteiger partial charge >= 0.3 is 0 Å². The fourth-order valence-electron chi connectivity index (χ4n) is 3.64. The van der Waals surface area contributed by atoms with Gasteiger partial charge in [0, 0.05) is 10.9 Å². The number of fused-ring (bicyclic) bond motifs is 2. The molecule has 2 heterocycles. The van der Waals surface area contributed by atoms with Gasteiger partial charge in [-0.2, -0.15) is 0 Å². The third kappa shape index (κ3) is 3.50. The monoisotopic (exact) mass is 380 g/mol. The number of H-pyrrole nitrogens is 2. The van der Waals surface area contributed by atoms with Crippen molar-refractivity contribution >= 4 is 27.8 Å². The van der Waals surface area contributed by atoms with Gasteiger partial charge in [-0.15, -0.1) is 0 Å². The summed E-state index contributed by atoms with van der Waals surface area (Å²) in [7, 11) is 0. The first kappa shape index (κ1) is 17.3. The van der Waals surface area contributed by atoms with Crippen molar-refractivity contribution < 1.29 is 4.79 Å². The summed E-state index contributed by atoms with van der Waals surface area (Å²) in [5.41, 5.74) is 4.47. The minimum absolute atomic E-state index is 0.150. The first-order valence-electron chi connectivity index (χ1n) is 9.63. The molecule has 0 radical (unpaired) electrons. The van der Waals surface area contributed by atoms with Crippen LogP contribution in [0.1, 0.15) is 27.9 Å². The second-order valence-electron chi connectivity index (χ2n) is 7.13. The van der Waals surface area contributed by atoms with Gasteiger partial charge in [-0.1, -0.05) is 60.7 Å². The summed E-state index contributed by atoms with van der Waals surface area (Å²) in [5, 5.41) is 4.17. The van der Waals surface area contributed by atoms with Crippen molar-refractivity contribution in [3.05, 3.63) is 102 Å². The Hall–Kier alpha value is -3.86. The molecule has 0 fully saturated rings. The first-order valence-corrected chi connectivity index (χ1v) is 9.63. The summed E-state index contributed by atoms with van der Waals surface area (Å²) in [6.45, 7) is 0. The average molecular weight is 380 g/mol. The molecule has 1 atom stereocenters. The standard InChI is InChI=1S/C24H20N4O/c29-24(22-15-17-10-4-5-11-18(17)25-22)28-21(14-16-8-2-1-3-9-16)23-26-19-12-6-7-13-20(19)27-23/h1-13,15,21,25H,14H2,(H,26,27)(H,28,29). The Balaban J connectivity index is 1.48. The van der Waals surface area contributed by atoms with Gasteiger partial charge < -0.3 is 15.3 Å². The number of benzene rings is 3. The Morgan fingerprint density at radius 1 is 0.862 bits per heavy atom. The SMILES string of the molecule is O=C(NC(Cc1ccccc1)c1nc2ccccc2[nH]1)c1cc2ccccc2[nH]1. The van der Waals surface area contributed by atoms with Crippen LogP contribution in [0.25, 0.3) is 21.9 Å². The average Bonchev–Trinajstić information content (AvgIpc) is 3.38. The fourth-order valence-corrected chi connectivity index (χ4v) is 3.64. The van der Waals surface area contributed by atoms with E-state index in [9.17, 15) is 4.79 Å². The quantitative estimate of drug-likeness (QED) is 0.411. The largest absolute Gasteiger partial charge is 0.351 e. The van der Waals surface area contributed by atoms with E-state index in [2.05, 4.69) is 27.4 Å². The van der Waals surface area contributed by atoms with Gasteiger partial charge in [0.25, 0.3) is 5.91 Å². The van der Waals surface area contributed by atoms with Crippen LogP contribution in [-0.4, -0.2) is 20.9 Å². The Bertz CT molecular complexity index is 1220. The summed E-state index contributed by atoms with van der Waals surface area (Å²) < 4.78 is 0. The molecule has 1 amide bonds. The molecule has 0 aliphatic carbocycles. The Morgan fingerprint density at radius 3 is 2.38 bits per heavy atom. The molecule has 0 aliphatic rings. The van der Waals surface area contributed by atoms with Crippen LogP contribution in [0.3, 0.4) is 0 Å². The van der Waals surface area contributed by atoms with E-state index in [4.69, 9.17) is 4.98 Å². The summed E-state index contributed by atoms with van der Waals surface area (Å²) in [6.07, 6.45) is 0.645. The maximum Gasteiger partial charge on any atom is 0.268 e. The van der Waals surface area contributed by atoms with Crippen molar-refractivity contribution in [3.63, 3.8) is 0 Å². The molecule has 3 aromatic carbocycles. The molecule has 142 valence electrons. The summed E-state index contributed by atoms with van der Waals surface area (Å²) in [4.78, 5) is 24.3. The van der Waals surface area contributed by atoms with Crippen LogP contribution in [0, 0.1) is 0 Å². The van der Waals surface area contributed by atoms with Crippen LogP contribution in [0.5, 0.6) is 0 Å². The maximum atomic E-state index is 13.0. The van der Waals surface area contributed by atoms with Gasteiger partial charge in [-0.25, -0.2) is 4.98 Å². The van der Waals surface area contributed by atoms with Gasteiger partial charge in [0.2, 0.25) is 0 Å². The van der Waals surface area contributed by atoms with E-state index in [0.717, 1.165) is 33.3 Å². The van der Waals surface area contributed by atoms with Crippen molar-refractivity contribution in [1.29, 1.82) is 0 Å². The van der Waals surface area contributed by atoms with Crippen LogP contribution < -0.4 is 5.32 Å². The summed E-state index contributed by atoms with van der Waals surface area (Å²) in [6, 6.07) is 27.5. The lowest BCUT2D eigenvalue weighted by molar-refractivity contribution is 0.0930. The molecule has 5 heteroatoms. The number of rotatable bonds is 5. The number of aromatic nitrogens is 3. The second-order valence-corrected chi connectivity index (χ2v) is 7.13. The summed E-state index contributed by atoms with van der Waals surface area (Å²) >= 11 is 0. The van der Waals surface area contributed by atoms with Crippen molar-refractivity contribution in [3.8, 4) is 0 Å². The minimum atomic E-state index is -0.274. The predicted molar refractivity (Wildman–Crippen MR) is 115 cm³/mol. The van der Waals surface area contributed by atoms with Gasteiger partial charge in [0.15, 0.2) is 0 Å². The zero-order chi connectivity index (χ0) is 19.6. The third-order valence-corrected chi connectivity index (χ3v) is 5.10. The van der Waals surface area contributed by atoms with E-state index in [1.165, 1.54) is 0 Å². The van der Waals surface area contributed by atoms with E-state index in [1.54, 1.807) is 0 Å². The number of para-hydroxylation sites is 3. The van der Waals surface area contributed by atoms with Gasteiger partial charge in [-0.05, 0) is 36.2 Å². The lowest BCUT2D eigenvalue weighted by Crippen LogP contribution is -2.31. The molecule has 0 spiro atoms. The second kappa shape index (κ2) is 7.28. The number of carbonyl (C=O) groups excluding carboxylic acids is 1. The molecular weight excluding hydrogens is 360 g/mol. The molecule has 2 aromatic heterocycles. The third-order valence-electron chi connectivity index (χ3n) is 5.10. The van der Waals surface area contributed by atoms with Crippen LogP contribution in [0.4, 0.5) is 0 Å². The molecule has 3 N–H and O–H groups in total. The first-order chi connectivity index (χ1) is 14.3. The van der Waals surface area contributed by atoms with Crippen molar-refractivity contribution in [2.45, 2.75) is 12.5 Å². The molecule has 1 unspecified atom stereocenters. The highest BCUT2D eigenvalue weighted by atomic mass is 16.1. The molecule has 29 heavy (non-hydrogen) atoms. The molecule has 0 saturated heterocycles. The highest BCUT2D eigenvalue weighted by Gasteiger charge is 2.21. The van der Waals surface area contributed by atoms with Crippen LogP contribution in [0.2, 0.25) is 0 Å². The van der Waals surface area contributed by atoms with E-state index in [-0.39, 0.29) is 11.9 Å². The Morgan fingerprint density at radius 2 is 1.59 bits per heavy atom. The van der Waals surface area contributed by atoms with E-state index >= 15 is 0 Å². The van der Waals surface area contributed by atoms with Gasteiger partial charge in [0.1, 0.15) is 11.5 Å². The Labute approximate surface area is 167 Å². The minimum Gasteiger partial charge on any atom is -0.351 e. The number of aromatic amines is 2. The number of imidazole rings is 1. The van der Waals surface area contributed by atoms with Gasteiger partial charge in [0.05, 0.1) is 17.1 Å². The molecule has 0 bridgehead atoms. The van der Waals surface area contributed by atoms with Crippen LogP contribution in [0.15, 0.2) is 84.9 Å². The molecule has 0 saturated carbocycles. The van der Waals surface area contributed by atoms with Crippen molar-refractivity contribution in [2.24, 2.45) is 0 Å². The maximum absolute atomic E-state index is 13.0. The Kier molecular flexibility index (Phi) is 4.33. The number of hydrogen-bond acceptors (Lipinski definition) is 2. The number of nitrogens with zero attached hydrogens (tertiary/aromatic N) is 1. The fraction of sp³-hybridized carbons (Fsp3) is 0.0833. The van der Waals surface area contributed by atoms with Crippen molar-refractivity contribution in [1.82, 2.24) is 20.3 Å². The predicted octanol–water partition coefficient (Wildman–Crippen LogP) is 4.76. The van der Waals surface area contributed by atoms with E-state index in [1.807, 2.05) is 72.8 Å². The molecule has 5 nitrogen and oxygen atoms in total. The lowest BCUT2D eigenvalue weighted by atomic mass is 10.1. The van der Waals surface area contributed by atoms with E-state index in [0.29, 0.717) is 12.1 Å². The number of nitrogens with one attached hydrogen (secondary N) is 3. The number of carbonyl (C=O) groups is 1. The van der Waals surface area contributed by atoms with Crippen molar-refractivity contribution in [2.75, 3.05) is 0 Å². The zero-order valence-corrected chi connectivity index (χ0v) is 15.7. The smallest absolute Gasteiger partial charge is 0.268 e.